The third-order valence-electron chi connectivity index (χ3n) is 5.76. The first-order valence-electron chi connectivity index (χ1n) is 10.4. The smallest absolute Gasteiger partial charge is 0.351 e. The molecule has 170 valence electrons. The highest BCUT2D eigenvalue weighted by molar-refractivity contribution is 6.13. The average molecular weight is 444 g/mol. The van der Waals surface area contributed by atoms with Crippen LogP contribution in [0.5, 0.6) is 0 Å². The Morgan fingerprint density at radius 3 is 2.69 bits per heavy atom. The topological polar surface area (TPSA) is 112 Å². The van der Waals surface area contributed by atoms with Crippen LogP contribution in [0.3, 0.4) is 0 Å². The molecule has 1 aromatic carbocycles. The normalized spacial score (nSPS) is 24.2. The zero-order valence-corrected chi connectivity index (χ0v) is 17.7. The number of nitrogens with two attached hydrogens (primary N) is 2. The van der Waals surface area contributed by atoms with Gasteiger partial charge in [-0.15, -0.1) is 0 Å². The number of aliphatic imine (C=N–C) groups is 1. The van der Waals surface area contributed by atoms with Gasteiger partial charge in [-0.05, 0) is 23.6 Å². The molecule has 2 atom stereocenters. The molecule has 0 radical (unpaired) electrons. The molecule has 1 aromatic heterocycles. The summed E-state index contributed by atoms with van der Waals surface area (Å²) in [6, 6.07) is 11.1. The van der Waals surface area contributed by atoms with Crippen molar-refractivity contribution >= 4 is 11.5 Å². The molecule has 2 aliphatic rings. The summed E-state index contributed by atoms with van der Waals surface area (Å²) >= 11 is 0. The second-order valence-corrected chi connectivity index (χ2v) is 8.05. The molecular weight excluding hydrogens is 418 g/mol. The molecule has 2 aliphatic heterocycles. The van der Waals surface area contributed by atoms with Crippen molar-refractivity contribution in [2.75, 3.05) is 32.4 Å². The highest BCUT2D eigenvalue weighted by Crippen LogP contribution is 2.42. The number of benzene rings is 1. The van der Waals surface area contributed by atoms with Gasteiger partial charge in [0.25, 0.3) is 5.92 Å². The van der Waals surface area contributed by atoms with Gasteiger partial charge in [0, 0.05) is 45.0 Å². The van der Waals surface area contributed by atoms with E-state index in [9.17, 15) is 13.6 Å². The molecule has 1 saturated heterocycles. The molecule has 4 rings (SSSR count). The number of rotatable bonds is 5. The summed E-state index contributed by atoms with van der Waals surface area (Å²) in [5, 5.41) is 0. The lowest BCUT2D eigenvalue weighted by Gasteiger charge is -2.31. The first-order valence-corrected chi connectivity index (χ1v) is 10.4. The quantitative estimate of drug-likeness (QED) is 0.680. The number of anilines is 1. The van der Waals surface area contributed by atoms with Crippen molar-refractivity contribution in [3.8, 4) is 0 Å². The molecule has 2 aromatic rings. The highest BCUT2D eigenvalue weighted by Gasteiger charge is 2.52. The van der Waals surface area contributed by atoms with Gasteiger partial charge in [0.2, 0.25) is 6.23 Å². The number of hydrogen-bond donors (Lipinski definition) is 2. The van der Waals surface area contributed by atoms with Gasteiger partial charge in [-0.3, -0.25) is 14.5 Å². The second kappa shape index (κ2) is 8.79. The number of nitrogens with zero attached hydrogens (tertiary/aromatic N) is 4. The van der Waals surface area contributed by atoms with Crippen LogP contribution in [0.25, 0.3) is 0 Å². The van der Waals surface area contributed by atoms with Crippen molar-refractivity contribution in [3.63, 3.8) is 0 Å². The lowest BCUT2D eigenvalue weighted by atomic mass is 9.95. The van der Waals surface area contributed by atoms with Crippen molar-refractivity contribution in [2.45, 2.75) is 31.1 Å². The number of aromatic nitrogens is 2. The summed E-state index contributed by atoms with van der Waals surface area (Å²) in [5.74, 6) is -3.23. The van der Waals surface area contributed by atoms with Crippen LogP contribution in [0.15, 0.2) is 63.7 Å². The zero-order chi connectivity index (χ0) is 22.9. The lowest BCUT2D eigenvalue weighted by Crippen LogP contribution is -2.40. The fourth-order valence-electron chi connectivity index (χ4n) is 4.31. The van der Waals surface area contributed by atoms with Crippen molar-refractivity contribution in [2.24, 2.45) is 10.7 Å². The molecule has 0 amide bonds. The first-order chi connectivity index (χ1) is 15.3. The van der Waals surface area contributed by atoms with E-state index in [0.717, 1.165) is 21.4 Å². The molecule has 0 spiro atoms. The third kappa shape index (κ3) is 4.42. The monoisotopic (exact) mass is 444 g/mol. The van der Waals surface area contributed by atoms with Gasteiger partial charge in [-0.1, -0.05) is 30.3 Å². The minimum Gasteiger partial charge on any atom is -0.401 e. The van der Waals surface area contributed by atoms with Crippen LogP contribution >= 0.6 is 0 Å². The molecule has 10 heteroatoms. The Morgan fingerprint density at radius 2 is 2.03 bits per heavy atom. The van der Waals surface area contributed by atoms with Gasteiger partial charge >= 0.3 is 5.69 Å². The van der Waals surface area contributed by atoms with E-state index in [2.05, 4.69) is 9.98 Å². The summed E-state index contributed by atoms with van der Waals surface area (Å²) in [5.41, 5.74) is 14.4. The van der Waals surface area contributed by atoms with Crippen LogP contribution < -0.4 is 17.2 Å². The van der Waals surface area contributed by atoms with Crippen LogP contribution in [-0.4, -0.2) is 58.9 Å². The minimum atomic E-state index is -3.20. The summed E-state index contributed by atoms with van der Waals surface area (Å²) in [6.07, 6.45) is -1.11. The Balaban J connectivity index is 1.45. The molecule has 0 unspecified atom stereocenters. The van der Waals surface area contributed by atoms with Gasteiger partial charge in [-0.25, -0.2) is 13.6 Å². The van der Waals surface area contributed by atoms with Crippen LogP contribution in [0.2, 0.25) is 0 Å². The van der Waals surface area contributed by atoms with Gasteiger partial charge in [0.05, 0.1) is 11.8 Å². The SMILES string of the molecule is CN=C(C1=C(N)CN(C[C@@H]2CC(F)(F)[C@H](n3ccc(N)nc3=O)O2)CC1)c1ccccc1. The molecule has 3 heterocycles. The average Bonchev–Trinajstić information content (AvgIpc) is 3.04. The molecule has 32 heavy (non-hydrogen) atoms. The van der Waals surface area contributed by atoms with Crippen LogP contribution in [0.4, 0.5) is 14.6 Å². The zero-order valence-electron chi connectivity index (χ0n) is 17.7. The maximum atomic E-state index is 14.6. The summed E-state index contributed by atoms with van der Waals surface area (Å²) < 4.78 is 35.7. The van der Waals surface area contributed by atoms with Crippen LogP contribution in [0, 0.1) is 0 Å². The predicted molar refractivity (Wildman–Crippen MR) is 118 cm³/mol. The summed E-state index contributed by atoms with van der Waals surface area (Å²) in [4.78, 5) is 22.0. The van der Waals surface area contributed by atoms with Gasteiger partial charge in [0.1, 0.15) is 5.82 Å². The van der Waals surface area contributed by atoms with Gasteiger partial charge in [0.15, 0.2) is 0 Å². The predicted octanol–water partition coefficient (Wildman–Crippen LogP) is 1.79. The first kappa shape index (κ1) is 22.1. The van der Waals surface area contributed by atoms with Crippen LogP contribution in [0.1, 0.15) is 24.6 Å². The van der Waals surface area contributed by atoms with Crippen molar-refractivity contribution in [3.05, 3.63) is 69.9 Å². The van der Waals surface area contributed by atoms with Crippen molar-refractivity contribution in [1.82, 2.24) is 14.5 Å². The van der Waals surface area contributed by atoms with E-state index in [1.807, 2.05) is 35.2 Å². The molecule has 4 N–H and O–H groups in total. The number of hydrogen-bond acceptors (Lipinski definition) is 7. The molecule has 1 fully saturated rings. The van der Waals surface area contributed by atoms with E-state index in [1.165, 1.54) is 12.3 Å². The van der Waals surface area contributed by atoms with E-state index in [-0.39, 0.29) is 12.4 Å². The Bertz CT molecular complexity index is 1100. The van der Waals surface area contributed by atoms with Crippen LogP contribution in [-0.2, 0) is 4.74 Å². The molecular formula is C22H26F2N6O2. The van der Waals surface area contributed by atoms with E-state index in [1.54, 1.807) is 7.05 Å². The number of ether oxygens (including phenoxy) is 1. The summed E-state index contributed by atoms with van der Waals surface area (Å²) in [6.45, 7) is 1.35. The van der Waals surface area contributed by atoms with E-state index in [0.29, 0.717) is 25.2 Å². The molecule has 0 saturated carbocycles. The van der Waals surface area contributed by atoms with Gasteiger partial charge in [-0.2, -0.15) is 4.98 Å². The lowest BCUT2D eigenvalue weighted by molar-refractivity contribution is -0.118. The minimum absolute atomic E-state index is 0.0269. The van der Waals surface area contributed by atoms with E-state index < -0.39 is 30.4 Å². The van der Waals surface area contributed by atoms with E-state index in [4.69, 9.17) is 16.2 Å². The Kier molecular flexibility index (Phi) is 6.07. The number of nitrogen functional groups attached to an aromatic ring is 1. The van der Waals surface area contributed by atoms with E-state index >= 15 is 0 Å². The molecule has 0 bridgehead atoms. The Morgan fingerprint density at radius 1 is 1.28 bits per heavy atom. The maximum Gasteiger partial charge on any atom is 0.351 e. The molecule has 8 nitrogen and oxygen atoms in total. The second-order valence-electron chi connectivity index (χ2n) is 8.05. The highest BCUT2D eigenvalue weighted by atomic mass is 19.3. The number of alkyl halides is 2. The number of halogens is 2. The standard InChI is InChI=1S/C22H26F2N6O2/c1-27-19(14-5-3-2-4-6-14)16-7-9-29(13-17(16)25)12-15-11-22(23,24)20(32-15)30-10-8-18(26)28-21(30)31/h2-6,8,10,15,20H,7,9,11-13,25H2,1H3,(H2,26,28,31)/t15-,20+/m0/s1. The molecule has 0 aliphatic carbocycles. The maximum absolute atomic E-state index is 14.6. The third-order valence-corrected chi connectivity index (χ3v) is 5.76. The van der Waals surface area contributed by atoms with Crippen molar-refractivity contribution < 1.29 is 13.5 Å². The fourth-order valence-corrected chi connectivity index (χ4v) is 4.31. The van der Waals surface area contributed by atoms with Gasteiger partial charge < -0.3 is 16.2 Å². The Hall–Kier alpha value is -3.11. The summed E-state index contributed by atoms with van der Waals surface area (Å²) in [7, 11) is 1.73. The largest absolute Gasteiger partial charge is 0.401 e. The Labute approximate surface area is 184 Å². The van der Waals surface area contributed by atoms with Crippen molar-refractivity contribution in [1.29, 1.82) is 0 Å². The fraction of sp³-hybridized carbons (Fsp3) is 0.409.